The van der Waals surface area contributed by atoms with Crippen molar-refractivity contribution in [3.8, 4) is 0 Å². The second kappa shape index (κ2) is 3.59. The molecule has 0 N–H and O–H groups in total. The van der Waals surface area contributed by atoms with Crippen LogP contribution >= 0.6 is 11.6 Å². The fourth-order valence-electron chi connectivity index (χ4n) is 1.55. The van der Waals surface area contributed by atoms with Gasteiger partial charge < -0.3 is 4.74 Å². The molecular weight excluding hydrogens is 148 g/mol. The molecule has 0 heterocycles. The summed E-state index contributed by atoms with van der Waals surface area (Å²) in [6, 6.07) is 0. The van der Waals surface area contributed by atoms with E-state index in [4.69, 9.17) is 16.3 Å². The molecule has 2 heteroatoms. The van der Waals surface area contributed by atoms with Crippen LogP contribution in [0, 0.1) is 5.92 Å². The summed E-state index contributed by atoms with van der Waals surface area (Å²) in [4.78, 5) is 0. The van der Waals surface area contributed by atoms with E-state index in [1.807, 2.05) is 0 Å². The lowest BCUT2D eigenvalue weighted by Crippen LogP contribution is -2.30. The predicted octanol–water partition coefficient (Wildman–Crippen LogP) is 2.43. The number of methoxy groups -OCH3 is 1. The lowest BCUT2D eigenvalue weighted by atomic mass is 9.88. The van der Waals surface area contributed by atoms with Gasteiger partial charge in [0.15, 0.2) is 0 Å². The zero-order valence-corrected chi connectivity index (χ0v) is 7.40. The maximum absolute atomic E-state index is 6.05. The molecule has 0 radical (unpaired) electrons. The van der Waals surface area contributed by atoms with Gasteiger partial charge in [-0.3, -0.25) is 0 Å². The van der Waals surface area contributed by atoms with Crippen molar-refractivity contribution in [2.24, 2.45) is 5.92 Å². The van der Waals surface area contributed by atoms with Crippen molar-refractivity contribution in [1.82, 2.24) is 0 Å². The number of hydrogen-bond acceptors (Lipinski definition) is 1. The first-order valence-corrected chi connectivity index (χ1v) is 4.34. The second-order valence-electron chi connectivity index (χ2n) is 3.21. The number of alkyl halides is 1. The van der Waals surface area contributed by atoms with Gasteiger partial charge in [0, 0.05) is 7.11 Å². The van der Waals surface area contributed by atoms with Crippen LogP contribution in [0.3, 0.4) is 0 Å². The lowest BCUT2D eigenvalue weighted by molar-refractivity contribution is 0.0630. The van der Waals surface area contributed by atoms with Crippen LogP contribution < -0.4 is 0 Å². The summed E-state index contributed by atoms with van der Waals surface area (Å²) >= 11 is 6.05. The van der Waals surface area contributed by atoms with Crippen LogP contribution in [-0.4, -0.2) is 18.6 Å². The summed E-state index contributed by atoms with van der Waals surface area (Å²) in [7, 11) is 1.75. The molecule has 3 unspecified atom stereocenters. The third-order valence-corrected chi connectivity index (χ3v) is 2.74. The maximum atomic E-state index is 6.05. The Morgan fingerprint density at radius 1 is 1.40 bits per heavy atom. The van der Waals surface area contributed by atoms with Crippen molar-refractivity contribution >= 4 is 11.6 Å². The van der Waals surface area contributed by atoms with E-state index < -0.39 is 0 Å². The molecule has 0 spiro atoms. The average molecular weight is 163 g/mol. The SMILES string of the molecule is COC1CCC(C)CC1Cl. The van der Waals surface area contributed by atoms with E-state index in [1.165, 1.54) is 6.42 Å². The minimum Gasteiger partial charge on any atom is -0.380 e. The first-order chi connectivity index (χ1) is 4.74. The van der Waals surface area contributed by atoms with Crippen LogP contribution in [0.4, 0.5) is 0 Å². The van der Waals surface area contributed by atoms with Crippen LogP contribution in [0.1, 0.15) is 26.2 Å². The minimum absolute atomic E-state index is 0.244. The highest BCUT2D eigenvalue weighted by atomic mass is 35.5. The standard InChI is InChI=1S/C8H15ClO/c1-6-3-4-8(10-2)7(9)5-6/h6-8H,3-5H2,1-2H3. The Labute approximate surface area is 67.7 Å². The lowest BCUT2D eigenvalue weighted by Gasteiger charge is -2.29. The smallest absolute Gasteiger partial charge is 0.0735 e. The van der Waals surface area contributed by atoms with Gasteiger partial charge in [-0.15, -0.1) is 11.6 Å². The Morgan fingerprint density at radius 2 is 2.10 bits per heavy atom. The second-order valence-corrected chi connectivity index (χ2v) is 3.77. The Kier molecular flexibility index (Phi) is 2.99. The largest absolute Gasteiger partial charge is 0.380 e. The first kappa shape index (κ1) is 8.35. The third kappa shape index (κ3) is 1.86. The van der Waals surface area contributed by atoms with Gasteiger partial charge >= 0.3 is 0 Å². The van der Waals surface area contributed by atoms with Crippen molar-refractivity contribution in [1.29, 1.82) is 0 Å². The van der Waals surface area contributed by atoms with E-state index in [1.54, 1.807) is 7.11 Å². The van der Waals surface area contributed by atoms with Crippen molar-refractivity contribution in [3.63, 3.8) is 0 Å². The van der Waals surface area contributed by atoms with E-state index >= 15 is 0 Å². The van der Waals surface area contributed by atoms with Crippen molar-refractivity contribution in [2.45, 2.75) is 37.7 Å². The molecule has 0 aromatic carbocycles. The minimum atomic E-state index is 0.244. The van der Waals surface area contributed by atoms with Gasteiger partial charge in [0.05, 0.1) is 11.5 Å². The molecular formula is C8H15ClO. The Hall–Kier alpha value is 0.250. The van der Waals surface area contributed by atoms with Gasteiger partial charge in [-0.2, -0.15) is 0 Å². The fourth-order valence-corrected chi connectivity index (χ4v) is 2.08. The molecule has 1 saturated carbocycles. The molecule has 1 aliphatic rings. The molecule has 0 saturated heterocycles. The molecule has 0 aliphatic heterocycles. The van der Waals surface area contributed by atoms with Gasteiger partial charge in [0.25, 0.3) is 0 Å². The van der Waals surface area contributed by atoms with Gasteiger partial charge in [0.1, 0.15) is 0 Å². The molecule has 1 nitrogen and oxygen atoms in total. The molecule has 0 bridgehead atoms. The highest BCUT2D eigenvalue weighted by Crippen LogP contribution is 2.29. The van der Waals surface area contributed by atoms with Gasteiger partial charge in [0.2, 0.25) is 0 Å². The molecule has 1 fully saturated rings. The van der Waals surface area contributed by atoms with Crippen LogP contribution in [-0.2, 0) is 4.74 Å². The molecule has 0 aromatic rings. The zero-order chi connectivity index (χ0) is 7.56. The van der Waals surface area contributed by atoms with E-state index in [9.17, 15) is 0 Å². The van der Waals surface area contributed by atoms with Gasteiger partial charge in [-0.25, -0.2) is 0 Å². The van der Waals surface area contributed by atoms with Crippen LogP contribution in [0.15, 0.2) is 0 Å². The van der Waals surface area contributed by atoms with Crippen LogP contribution in [0.25, 0.3) is 0 Å². The maximum Gasteiger partial charge on any atom is 0.0735 e. The van der Waals surface area contributed by atoms with Crippen molar-refractivity contribution < 1.29 is 4.74 Å². The van der Waals surface area contributed by atoms with E-state index in [2.05, 4.69) is 6.92 Å². The highest BCUT2D eigenvalue weighted by molar-refractivity contribution is 6.21. The normalized spacial score (nSPS) is 41.7. The number of ether oxygens (including phenoxy) is 1. The number of hydrogen-bond donors (Lipinski definition) is 0. The summed E-state index contributed by atoms with van der Waals surface area (Å²) in [5.41, 5.74) is 0. The predicted molar refractivity (Wildman–Crippen MR) is 43.5 cm³/mol. The van der Waals surface area contributed by atoms with E-state index in [0.29, 0.717) is 6.10 Å². The molecule has 3 atom stereocenters. The summed E-state index contributed by atoms with van der Waals surface area (Å²) in [5, 5.41) is 0.244. The van der Waals surface area contributed by atoms with Crippen molar-refractivity contribution in [3.05, 3.63) is 0 Å². The highest BCUT2D eigenvalue weighted by Gasteiger charge is 2.26. The van der Waals surface area contributed by atoms with Crippen molar-refractivity contribution in [2.75, 3.05) is 7.11 Å². The Morgan fingerprint density at radius 3 is 2.60 bits per heavy atom. The van der Waals surface area contributed by atoms with Gasteiger partial charge in [-0.05, 0) is 25.2 Å². The summed E-state index contributed by atoms with van der Waals surface area (Å²) in [5.74, 6) is 0.786. The quantitative estimate of drug-likeness (QED) is 0.539. The average Bonchev–Trinajstić information content (AvgIpc) is 1.88. The summed E-state index contributed by atoms with van der Waals surface area (Å²) < 4.78 is 5.22. The summed E-state index contributed by atoms with van der Waals surface area (Å²) in [6.45, 7) is 2.25. The van der Waals surface area contributed by atoms with Crippen LogP contribution in [0.5, 0.6) is 0 Å². The Balaban J connectivity index is 2.36. The molecule has 60 valence electrons. The monoisotopic (exact) mass is 162 g/mol. The first-order valence-electron chi connectivity index (χ1n) is 3.91. The van der Waals surface area contributed by atoms with Crippen LogP contribution in [0.2, 0.25) is 0 Å². The molecule has 10 heavy (non-hydrogen) atoms. The van der Waals surface area contributed by atoms with E-state index in [-0.39, 0.29) is 5.38 Å². The molecule has 1 rings (SSSR count). The Bertz CT molecular complexity index is 105. The third-order valence-electron chi connectivity index (χ3n) is 2.28. The topological polar surface area (TPSA) is 9.23 Å². The molecule has 0 aromatic heterocycles. The summed E-state index contributed by atoms with van der Waals surface area (Å²) in [6.07, 6.45) is 3.81. The fraction of sp³-hybridized carbons (Fsp3) is 1.00. The van der Waals surface area contributed by atoms with E-state index in [0.717, 1.165) is 18.8 Å². The number of halogens is 1. The number of rotatable bonds is 1. The molecule has 0 amide bonds. The van der Waals surface area contributed by atoms with Gasteiger partial charge in [-0.1, -0.05) is 6.92 Å². The molecule has 1 aliphatic carbocycles. The zero-order valence-electron chi connectivity index (χ0n) is 6.64.